The molecule has 150 valence electrons. The monoisotopic (exact) mass is 377 g/mol. The number of alkyl carbamates (subject to hydrolysis) is 1. The van der Waals surface area contributed by atoms with Crippen molar-refractivity contribution in [3.63, 3.8) is 0 Å². The van der Waals surface area contributed by atoms with Crippen LogP contribution in [0.3, 0.4) is 0 Å². The number of ether oxygens (including phenoxy) is 1. The van der Waals surface area contributed by atoms with Gasteiger partial charge in [-0.2, -0.15) is 0 Å². The summed E-state index contributed by atoms with van der Waals surface area (Å²) in [6.45, 7) is 9.22. The van der Waals surface area contributed by atoms with Crippen molar-refractivity contribution in [2.24, 2.45) is 0 Å². The largest absolute Gasteiger partial charge is 0.444 e. The van der Waals surface area contributed by atoms with Crippen LogP contribution in [0, 0.1) is 0 Å². The Morgan fingerprint density at radius 1 is 0.852 bits per heavy atom. The maximum absolute atomic E-state index is 12.0. The second-order valence-electron chi connectivity index (χ2n) is 6.60. The topological polar surface area (TPSA) is 96.5 Å². The lowest BCUT2D eigenvalue weighted by Crippen LogP contribution is -2.50. The first-order valence-electron chi connectivity index (χ1n) is 8.81. The number of hydrogen-bond acceptors (Lipinski definition) is 4. The van der Waals surface area contributed by atoms with Gasteiger partial charge in [0.1, 0.15) is 5.60 Å². The predicted molar refractivity (Wildman–Crippen MR) is 107 cm³/mol. The minimum atomic E-state index is -0.647. The van der Waals surface area contributed by atoms with E-state index in [9.17, 15) is 14.4 Å². The van der Waals surface area contributed by atoms with Gasteiger partial charge in [0.2, 0.25) is 11.8 Å². The molecule has 0 aromatic carbocycles. The summed E-state index contributed by atoms with van der Waals surface area (Å²) in [7, 11) is 0. The summed E-state index contributed by atoms with van der Waals surface area (Å²) in [5.74, 6) is -0.605. The number of allylic oxidation sites excluding steroid dienone is 6. The van der Waals surface area contributed by atoms with Gasteiger partial charge in [0.05, 0.1) is 6.04 Å². The maximum Gasteiger partial charge on any atom is 0.407 e. The smallest absolute Gasteiger partial charge is 0.407 e. The molecule has 0 bridgehead atoms. The van der Waals surface area contributed by atoms with E-state index in [4.69, 9.17) is 4.74 Å². The van der Waals surface area contributed by atoms with E-state index >= 15 is 0 Å². The molecule has 0 heterocycles. The summed E-state index contributed by atoms with van der Waals surface area (Å²) in [6.07, 6.45) is 12.4. The third-order valence-corrected chi connectivity index (χ3v) is 2.87. The minimum Gasteiger partial charge on any atom is -0.444 e. The van der Waals surface area contributed by atoms with Gasteiger partial charge in [0.15, 0.2) is 0 Å². The van der Waals surface area contributed by atoms with Crippen molar-refractivity contribution in [1.82, 2.24) is 16.0 Å². The van der Waals surface area contributed by atoms with Gasteiger partial charge in [0, 0.05) is 25.2 Å². The van der Waals surface area contributed by atoms with Crippen molar-refractivity contribution in [3.8, 4) is 0 Å². The highest BCUT2D eigenvalue weighted by molar-refractivity contribution is 5.88. The highest BCUT2D eigenvalue weighted by Crippen LogP contribution is 2.06. The molecule has 0 aromatic rings. The summed E-state index contributed by atoms with van der Waals surface area (Å²) < 4.78 is 5.22. The van der Waals surface area contributed by atoms with Gasteiger partial charge in [-0.15, -0.1) is 0 Å². The molecule has 0 spiro atoms. The Morgan fingerprint density at radius 2 is 1.30 bits per heavy atom. The summed E-state index contributed by atoms with van der Waals surface area (Å²) in [4.78, 5) is 35.5. The molecule has 3 amide bonds. The van der Waals surface area contributed by atoms with Crippen LogP contribution in [-0.4, -0.2) is 42.6 Å². The zero-order valence-corrected chi connectivity index (χ0v) is 16.7. The standard InChI is InChI=1S/C20H31N3O4/c1-6-8-10-12-17(24)21-14-16(23-19(26)27-20(3,4)5)15-22-18(25)13-11-9-7-2/h6-13,16H,14-15H2,1-5H3,(H,21,24)(H,22,25)(H,23,26)/b8-6-,9-7+,12-10+,13-11-. The zero-order chi connectivity index (χ0) is 20.7. The fourth-order valence-corrected chi connectivity index (χ4v) is 1.72. The van der Waals surface area contributed by atoms with Gasteiger partial charge in [-0.05, 0) is 34.6 Å². The molecule has 1 atom stereocenters. The van der Waals surface area contributed by atoms with Gasteiger partial charge < -0.3 is 20.7 Å². The molecule has 0 fully saturated rings. The van der Waals surface area contributed by atoms with Crippen molar-refractivity contribution < 1.29 is 19.1 Å². The van der Waals surface area contributed by atoms with E-state index in [2.05, 4.69) is 16.0 Å². The summed E-state index contributed by atoms with van der Waals surface area (Å²) in [5.41, 5.74) is -0.647. The Hall–Kier alpha value is -2.83. The maximum atomic E-state index is 12.0. The normalized spacial score (nSPS) is 13.4. The molecule has 0 rings (SSSR count). The molecule has 1 unspecified atom stereocenters. The van der Waals surface area contributed by atoms with Crippen LogP contribution < -0.4 is 16.0 Å². The van der Waals surface area contributed by atoms with E-state index in [1.165, 1.54) is 12.2 Å². The highest BCUT2D eigenvalue weighted by atomic mass is 16.6. The number of carbonyl (C=O) groups excluding carboxylic acids is 3. The molecular formula is C20H31N3O4. The Morgan fingerprint density at radius 3 is 1.67 bits per heavy atom. The second-order valence-corrected chi connectivity index (χ2v) is 6.60. The number of amides is 3. The Bertz CT molecular complexity index is 561. The van der Waals surface area contributed by atoms with Crippen LogP contribution >= 0.6 is 0 Å². The van der Waals surface area contributed by atoms with Crippen LogP contribution in [0.1, 0.15) is 34.6 Å². The van der Waals surface area contributed by atoms with E-state index in [-0.39, 0.29) is 24.9 Å². The lowest BCUT2D eigenvalue weighted by atomic mass is 10.2. The number of rotatable bonds is 9. The number of nitrogens with one attached hydrogen (secondary N) is 3. The van der Waals surface area contributed by atoms with Crippen molar-refractivity contribution >= 4 is 17.9 Å². The first-order valence-corrected chi connectivity index (χ1v) is 8.81. The SMILES string of the molecule is C/C=C\C=C\C(=O)NCC(CNC(=O)/C=C\C=C\C)NC(=O)OC(C)(C)C. The van der Waals surface area contributed by atoms with Crippen molar-refractivity contribution in [3.05, 3.63) is 48.6 Å². The molecule has 0 aliphatic heterocycles. The Kier molecular flexibility index (Phi) is 12.0. The summed E-state index contributed by atoms with van der Waals surface area (Å²) in [6, 6.07) is -0.530. The van der Waals surface area contributed by atoms with Gasteiger partial charge in [0.25, 0.3) is 0 Å². The molecule has 0 aliphatic carbocycles. The fraction of sp³-hybridized carbons (Fsp3) is 0.450. The first-order chi connectivity index (χ1) is 12.7. The number of carbonyl (C=O) groups is 3. The first kappa shape index (κ1) is 24.2. The molecule has 0 aliphatic rings. The van der Waals surface area contributed by atoms with Crippen LogP contribution in [0.4, 0.5) is 4.79 Å². The van der Waals surface area contributed by atoms with E-state index in [1.54, 1.807) is 57.2 Å². The van der Waals surface area contributed by atoms with Crippen LogP contribution in [0.25, 0.3) is 0 Å². The molecule has 0 aromatic heterocycles. The van der Waals surface area contributed by atoms with Crippen molar-refractivity contribution in [2.45, 2.75) is 46.3 Å². The number of hydrogen-bond donors (Lipinski definition) is 3. The molecular weight excluding hydrogens is 346 g/mol. The zero-order valence-electron chi connectivity index (χ0n) is 16.7. The fourth-order valence-electron chi connectivity index (χ4n) is 1.72. The van der Waals surface area contributed by atoms with Gasteiger partial charge in [-0.3, -0.25) is 9.59 Å². The molecule has 27 heavy (non-hydrogen) atoms. The second kappa shape index (κ2) is 13.4. The van der Waals surface area contributed by atoms with Crippen LogP contribution in [0.15, 0.2) is 48.6 Å². The molecule has 3 N–H and O–H groups in total. The van der Waals surface area contributed by atoms with E-state index in [0.717, 1.165) is 0 Å². The summed E-state index contributed by atoms with van der Waals surface area (Å²) >= 11 is 0. The minimum absolute atomic E-state index is 0.136. The van der Waals surface area contributed by atoms with Gasteiger partial charge in [-0.25, -0.2) is 4.79 Å². The van der Waals surface area contributed by atoms with E-state index < -0.39 is 17.7 Å². The molecule has 7 heteroatoms. The van der Waals surface area contributed by atoms with Crippen LogP contribution in [0.5, 0.6) is 0 Å². The predicted octanol–water partition coefficient (Wildman–Crippen LogP) is 2.38. The quantitative estimate of drug-likeness (QED) is 0.424. The lowest BCUT2D eigenvalue weighted by molar-refractivity contribution is -0.116. The summed E-state index contributed by atoms with van der Waals surface area (Å²) in [5, 5.41) is 8.00. The third kappa shape index (κ3) is 15.2. The van der Waals surface area contributed by atoms with Gasteiger partial charge in [-0.1, -0.05) is 36.5 Å². The Balaban J connectivity index is 4.76. The van der Waals surface area contributed by atoms with Crippen molar-refractivity contribution in [1.29, 1.82) is 0 Å². The average Bonchev–Trinajstić information content (AvgIpc) is 2.56. The molecule has 0 saturated heterocycles. The van der Waals surface area contributed by atoms with Crippen LogP contribution in [-0.2, 0) is 14.3 Å². The highest BCUT2D eigenvalue weighted by Gasteiger charge is 2.20. The molecule has 0 saturated carbocycles. The van der Waals surface area contributed by atoms with Gasteiger partial charge >= 0.3 is 6.09 Å². The van der Waals surface area contributed by atoms with E-state index in [1.807, 2.05) is 13.8 Å². The van der Waals surface area contributed by atoms with Crippen molar-refractivity contribution in [2.75, 3.05) is 13.1 Å². The molecule has 7 nitrogen and oxygen atoms in total. The van der Waals surface area contributed by atoms with Crippen LogP contribution in [0.2, 0.25) is 0 Å². The molecule has 0 radical (unpaired) electrons. The van der Waals surface area contributed by atoms with E-state index in [0.29, 0.717) is 0 Å². The third-order valence-electron chi connectivity index (χ3n) is 2.87. The average molecular weight is 377 g/mol. The lowest BCUT2D eigenvalue weighted by Gasteiger charge is -2.24. The Labute approximate surface area is 161 Å².